The van der Waals surface area contributed by atoms with Crippen molar-refractivity contribution >= 4 is 5.78 Å². The number of nitrogens with one attached hydrogen (secondary N) is 1. The van der Waals surface area contributed by atoms with E-state index < -0.39 is 5.60 Å². The zero-order valence-electron chi connectivity index (χ0n) is 12.1. The van der Waals surface area contributed by atoms with Gasteiger partial charge >= 0.3 is 0 Å². The van der Waals surface area contributed by atoms with Crippen molar-refractivity contribution in [2.75, 3.05) is 0 Å². The van der Waals surface area contributed by atoms with Crippen molar-refractivity contribution in [1.82, 2.24) is 5.48 Å². The van der Waals surface area contributed by atoms with Crippen LogP contribution in [0.25, 0.3) is 0 Å². The second-order valence-electron chi connectivity index (χ2n) is 7.17. The molecule has 0 saturated heterocycles. The van der Waals surface area contributed by atoms with E-state index in [4.69, 9.17) is 4.84 Å². The molecule has 1 rings (SSSR count). The minimum absolute atomic E-state index is 0.0164. The Balaban J connectivity index is 2.80. The third-order valence-corrected chi connectivity index (χ3v) is 3.00. The van der Waals surface area contributed by atoms with Crippen LogP contribution in [0.15, 0.2) is 11.8 Å². The Morgan fingerprint density at radius 1 is 1.29 bits per heavy atom. The molecular weight excluding hydrogens is 214 g/mol. The van der Waals surface area contributed by atoms with E-state index in [-0.39, 0.29) is 16.6 Å². The fourth-order valence-corrected chi connectivity index (χ4v) is 1.58. The van der Waals surface area contributed by atoms with Gasteiger partial charge in [0.1, 0.15) is 11.4 Å². The molecule has 3 heteroatoms. The first-order valence-corrected chi connectivity index (χ1v) is 6.15. The summed E-state index contributed by atoms with van der Waals surface area (Å²) in [6.45, 7) is 14.1. The fourth-order valence-electron chi connectivity index (χ4n) is 1.58. The van der Waals surface area contributed by atoms with Crippen LogP contribution in [0.4, 0.5) is 0 Å². The maximum absolute atomic E-state index is 12.0. The van der Waals surface area contributed by atoms with Crippen LogP contribution < -0.4 is 5.48 Å². The normalized spacial score (nSPS) is 25.5. The maximum Gasteiger partial charge on any atom is 0.141 e. The highest BCUT2D eigenvalue weighted by Gasteiger charge is 2.38. The summed E-state index contributed by atoms with van der Waals surface area (Å²) in [6, 6.07) is 0. The van der Waals surface area contributed by atoms with Crippen LogP contribution in [0.2, 0.25) is 0 Å². The standard InChI is InChI=1S/C14H25NO2/c1-12(2,3)10-8-14(7,17-15-10)9-11(16)13(4,5)6/h8,15H,9H2,1-7H3. The van der Waals surface area contributed by atoms with Gasteiger partial charge in [0.25, 0.3) is 0 Å². The Morgan fingerprint density at radius 2 is 1.82 bits per heavy atom. The number of ketones is 1. The number of carbonyl (C=O) groups is 1. The van der Waals surface area contributed by atoms with Gasteiger partial charge in [-0.15, -0.1) is 0 Å². The lowest BCUT2D eigenvalue weighted by Crippen LogP contribution is -2.33. The predicted octanol–water partition coefficient (Wildman–Crippen LogP) is 3.22. The average molecular weight is 239 g/mol. The van der Waals surface area contributed by atoms with Crippen molar-refractivity contribution in [3.05, 3.63) is 11.8 Å². The van der Waals surface area contributed by atoms with Gasteiger partial charge in [0.05, 0.1) is 0 Å². The summed E-state index contributed by atoms with van der Waals surface area (Å²) in [5.41, 5.74) is 3.18. The summed E-state index contributed by atoms with van der Waals surface area (Å²) in [5.74, 6) is 0.216. The van der Waals surface area contributed by atoms with Gasteiger partial charge in [-0.2, -0.15) is 0 Å². The Bertz CT molecular complexity index is 344. The summed E-state index contributed by atoms with van der Waals surface area (Å²) in [4.78, 5) is 17.6. The van der Waals surface area contributed by atoms with E-state index >= 15 is 0 Å². The van der Waals surface area contributed by atoms with Crippen molar-refractivity contribution in [3.8, 4) is 0 Å². The van der Waals surface area contributed by atoms with Crippen LogP contribution >= 0.6 is 0 Å². The van der Waals surface area contributed by atoms with E-state index in [2.05, 4.69) is 26.3 Å². The smallest absolute Gasteiger partial charge is 0.141 e. The molecule has 0 radical (unpaired) electrons. The quantitative estimate of drug-likeness (QED) is 0.804. The molecular formula is C14H25NO2. The van der Waals surface area contributed by atoms with Crippen LogP contribution in [0.1, 0.15) is 54.9 Å². The Hall–Kier alpha value is -0.830. The van der Waals surface area contributed by atoms with Gasteiger partial charge < -0.3 is 0 Å². The van der Waals surface area contributed by atoms with Crippen molar-refractivity contribution in [2.24, 2.45) is 10.8 Å². The van der Waals surface area contributed by atoms with Crippen LogP contribution in [0.3, 0.4) is 0 Å². The van der Waals surface area contributed by atoms with Crippen LogP contribution in [0, 0.1) is 10.8 Å². The minimum atomic E-state index is -0.521. The summed E-state index contributed by atoms with van der Waals surface area (Å²) in [7, 11) is 0. The number of carbonyl (C=O) groups excluding carboxylic acids is 1. The molecule has 0 bridgehead atoms. The van der Waals surface area contributed by atoms with Crippen LogP contribution in [-0.4, -0.2) is 11.4 Å². The van der Waals surface area contributed by atoms with Gasteiger partial charge in [-0.25, -0.2) is 0 Å². The highest BCUT2D eigenvalue weighted by Crippen LogP contribution is 2.34. The molecule has 1 aliphatic heterocycles. The highest BCUT2D eigenvalue weighted by atomic mass is 16.7. The zero-order valence-corrected chi connectivity index (χ0v) is 12.1. The number of rotatable bonds is 2. The third-order valence-electron chi connectivity index (χ3n) is 3.00. The number of allylic oxidation sites excluding steroid dienone is 1. The topological polar surface area (TPSA) is 38.3 Å². The summed E-state index contributed by atoms with van der Waals surface area (Å²) >= 11 is 0. The SMILES string of the molecule is CC1(CC(=O)C(C)(C)C)C=C(C(C)(C)C)NO1. The zero-order chi connectivity index (χ0) is 13.5. The molecule has 98 valence electrons. The Labute approximate surface area is 105 Å². The lowest BCUT2D eigenvalue weighted by atomic mass is 9.82. The van der Waals surface area contributed by atoms with Gasteiger partial charge in [0, 0.05) is 22.9 Å². The molecule has 1 N–H and O–H groups in total. The number of hydroxylamine groups is 1. The molecule has 0 saturated carbocycles. The summed E-state index contributed by atoms with van der Waals surface area (Å²) in [5, 5.41) is 0. The molecule has 1 atom stereocenters. The van der Waals surface area contributed by atoms with Gasteiger partial charge in [0.2, 0.25) is 0 Å². The van der Waals surface area contributed by atoms with Gasteiger partial charge in [-0.05, 0) is 13.0 Å². The second kappa shape index (κ2) is 4.13. The molecule has 3 nitrogen and oxygen atoms in total. The molecule has 1 heterocycles. The first-order valence-electron chi connectivity index (χ1n) is 6.15. The summed E-state index contributed by atoms with van der Waals surface area (Å²) < 4.78 is 0. The monoisotopic (exact) mass is 239 g/mol. The van der Waals surface area contributed by atoms with E-state index in [1.54, 1.807) is 0 Å². The lowest BCUT2D eigenvalue weighted by molar-refractivity contribution is -0.132. The van der Waals surface area contributed by atoms with Crippen molar-refractivity contribution in [1.29, 1.82) is 0 Å². The minimum Gasteiger partial charge on any atom is -0.299 e. The molecule has 1 unspecified atom stereocenters. The van der Waals surface area contributed by atoms with Crippen molar-refractivity contribution in [3.63, 3.8) is 0 Å². The molecule has 0 aromatic heterocycles. The first kappa shape index (κ1) is 14.2. The fraction of sp³-hybridized carbons (Fsp3) is 0.786. The van der Waals surface area contributed by atoms with E-state index in [1.165, 1.54) is 0 Å². The first-order chi connectivity index (χ1) is 7.44. The molecule has 0 aliphatic carbocycles. The van der Waals surface area contributed by atoms with Gasteiger partial charge in [0.15, 0.2) is 0 Å². The molecule has 0 spiro atoms. The molecule has 0 aromatic rings. The molecule has 0 fully saturated rings. The van der Waals surface area contributed by atoms with Crippen LogP contribution in [-0.2, 0) is 9.63 Å². The number of hydrogen-bond donors (Lipinski definition) is 1. The van der Waals surface area contributed by atoms with Crippen molar-refractivity contribution < 1.29 is 9.63 Å². The molecule has 0 amide bonds. The van der Waals surface area contributed by atoms with Gasteiger partial charge in [-0.1, -0.05) is 41.5 Å². The van der Waals surface area contributed by atoms with E-state index in [0.29, 0.717) is 6.42 Å². The average Bonchev–Trinajstić information content (AvgIpc) is 2.45. The number of hydrogen-bond acceptors (Lipinski definition) is 3. The molecule has 0 aromatic carbocycles. The lowest BCUT2D eigenvalue weighted by Gasteiger charge is -2.24. The van der Waals surface area contributed by atoms with E-state index in [1.807, 2.05) is 33.8 Å². The van der Waals surface area contributed by atoms with Crippen LogP contribution in [0.5, 0.6) is 0 Å². The van der Waals surface area contributed by atoms with E-state index in [9.17, 15) is 4.79 Å². The molecule has 17 heavy (non-hydrogen) atoms. The predicted molar refractivity (Wildman–Crippen MR) is 69.2 cm³/mol. The van der Waals surface area contributed by atoms with E-state index in [0.717, 1.165) is 5.70 Å². The van der Waals surface area contributed by atoms with Gasteiger partial charge in [-0.3, -0.25) is 15.1 Å². The molecule has 1 aliphatic rings. The second-order valence-corrected chi connectivity index (χ2v) is 7.17. The van der Waals surface area contributed by atoms with Crippen molar-refractivity contribution in [2.45, 2.75) is 60.5 Å². The third kappa shape index (κ3) is 3.56. The maximum atomic E-state index is 12.0. The number of Topliss-reactive ketones (excluding diaryl/α,β-unsaturated/α-hetero) is 1. The summed E-state index contributed by atoms with van der Waals surface area (Å²) in [6.07, 6.45) is 2.44. The Kier molecular flexibility index (Phi) is 3.45. The highest BCUT2D eigenvalue weighted by molar-refractivity contribution is 5.84. The largest absolute Gasteiger partial charge is 0.299 e. The Morgan fingerprint density at radius 3 is 2.18 bits per heavy atom.